The molecule has 1 aromatic rings. The Labute approximate surface area is 159 Å². The van der Waals surface area contributed by atoms with E-state index in [1.54, 1.807) is 4.90 Å². The van der Waals surface area contributed by atoms with Gasteiger partial charge in [0.2, 0.25) is 17.7 Å². The van der Waals surface area contributed by atoms with Crippen LogP contribution >= 0.6 is 0 Å². The number of para-hydroxylation sites is 1. The normalized spacial score (nSPS) is 23.2. The van der Waals surface area contributed by atoms with Crippen LogP contribution < -0.4 is 10.2 Å². The maximum Gasteiger partial charge on any atom is 0.243 e. The van der Waals surface area contributed by atoms with Gasteiger partial charge in [0.15, 0.2) is 0 Å². The van der Waals surface area contributed by atoms with Crippen LogP contribution in [0.25, 0.3) is 0 Å². The molecule has 1 atom stereocenters. The molecule has 1 aliphatic carbocycles. The van der Waals surface area contributed by atoms with Crippen molar-refractivity contribution in [3.63, 3.8) is 0 Å². The van der Waals surface area contributed by atoms with Gasteiger partial charge in [-0.1, -0.05) is 18.2 Å². The zero-order valence-corrected chi connectivity index (χ0v) is 15.5. The SMILES string of the molecule is O=C1NCCN(C(=O)C2CC2)C1CC(=O)N1CCN(c2ccccc2)CC1. The minimum atomic E-state index is -0.661. The number of nitrogens with zero attached hydrogens (tertiary/aromatic N) is 3. The highest BCUT2D eigenvalue weighted by atomic mass is 16.2. The van der Waals surface area contributed by atoms with Gasteiger partial charge in [0.1, 0.15) is 6.04 Å². The average Bonchev–Trinajstić information content (AvgIpc) is 3.55. The van der Waals surface area contributed by atoms with Crippen molar-refractivity contribution in [3.8, 4) is 0 Å². The summed E-state index contributed by atoms with van der Waals surface area (Å²) < 4.78 is 0. The van der Waals surface area contributed by atoms with E-state index < -0.39 is 6.04 Å². The number of amides is 3. The summed E-state index contributed by atoms with van der Waals surface area (Å²) >= 11 is 0. The Kier molecular flexibility index (Phi) is 5.01. The van der Waals surface area contributed by atoms with E-state index >= 15 is 0 Å². The quantitative estimate of drug-likeness (QED) is 0.836. The van der Waals surface area contributed by atoms with Crippen LogP contribution in [0.2, 0.25) is 0 Å². The van der Waals surface area contributed by atoms with Crippen molar-refractivity contribution in [1.29, 1.82) is 0 Å². The molecule has 2 saturated heterocycles. The summed E-state index contributed by atoms with van der Waals surface area (Å²) in [5, 5.41) is 2.80. The minimum absolute atomic E-state index is 0.0385. The number of hydrogen-bond acceptors (Lipinski definition) is 4. The maximum absolute atomic E-state index is 12.8. The summed E-state index contributed by atoms with van der Waals surface area (Å²) in [5.41, 5.74) is 1.16. The molecule has 0 spiro atoms. The monoisotopic (exact) mass is 370 g/mol. The van der Waals surface area contributed by atoms with E-state index in [0.717, 1.165) is 31.6 Å². The molecule has 3 aliphatic rings. The standard InChI is InChI=1S/C20H26N4O3/c25-18(23-12-10-22(11-13-23)16-4-2-1-3-5-16)14-17-19(26)21-8-9-24(17)20(27)15-6-7-15/h1-5,15,17H,6-14H2,(H,21,26). The second kappa shape index (κ2) is 7.58. The summed E-state index contributed by atoms with van der Waals surface area (Å²) in [6.45, 7) is 3.80. The van der Waals surface area contributed by atoms with E-state index in [1.165, 1.54) is 0 Å². The van der Waals surface area contributed by atoms with Crippen molar-refractivity contribution in [2.45, 2.75) is 25.3 Å². The molecule has 1 aromatic carbocycles. The molecule has 2 aliphatic heterocycles. The molecule has 4 rings (SSSR count). The first-order valence-electron chi connectivity index (χ1n) is 9.79. The van der Waals surface area contributed by atoms with E-state index in [1.807, 2.05) is 23.1 Å². The molecule has 7 heteroatoms. The minimum Gasteiger partial charge on any atom is -0.368 e. The summed E-state index contributed by atoms with van der Waals surface area (Å²) in [7, 11) is 0. The smallest absolute Gasteiger partial charge is 0.243 e. The van der Waals surface area contributed by atoms with Crippen LogP contribution in [0, 0.1) is 5.92 Å². The Morgan fingerprint density at radius 3 is 2.37 bits per heavy atom. The zero-order chi connectivity index (χ0) is 18.8. The Hall–Kier alpha value is -2.57. The average molecular weight is 370 g/mol. The molecule has 0 radical (unpaired) electrons. The van der Waals surface area contributed by atoms with E-state index in [0.29, 0.717) is 26.2 Å². The van der Waals surface area contributed by atoms with Gasteiger partial charge in [-0.05, 0) is 25.0 Å². The Bertz CT molecular complexity index is 711. The van der Waals surface area contributed by atoms with Crippen LogP contribution in [0.4, 0.5) is 5.69 Å². The lowest BCUT2D eigenvalue weighted by Gasteiger charge is -2.39. The second-order valence-electron chi connectivity index (χ2n) is 7.52. The maximum atomic E-state index is 12.8. The number of carbonyl (C=O) groups excluding carboxylic acids is 3. The molecule has 0 bridgehead atoms. The molecule has 2 heterocycles. The van der Waals surface area contributed by atoms with E-state index in [2.05, 4.69) is 22.3 Å². The summed E-state index contributed by atoms with van der Waals surface area (Å²) in [5.74, 6) is -0.149. The van der Waals surface area contributed by atoms with Crippen LogP contribution in [0.1, 0.15) is 19.3 Å². The highest BCUT2D eigenvalue weighted by Gasteiger charge is 2.41. The van der Waals surface area contributed by atoms with Crippen LogP contribution in [0.5, 0.6) is 0 Å². The molecule has 3 fully saturated rings. The lowest BCUT2D eigenvalue weighted by molar-refractivity contribution is -0.147. The first-order chi connectivity index (χ1) is 13.1. The molecule has 144 valence electrons. The molecular weight excluding hydrogens is 344 g/mol. The van der Waals surface area contributed by atoms with Crippen LogP contribution in [-0.4, -0.2) is 72.8 Å². The van der Waals surface area contributed by atoms with Gasteiger partial charge in [-0.3, -0.25) is 14.4 Å². The summed E-state index contributed by atoms with van der Waals surface area (Å²) in [6, 6.07) is 9.51. The fraction of sp³-hybridized carbons (Fsp3) is 0.550. The molecular formula is C20H26N4O3. The van der Waals surface area contributed by atoms with Crippen molar-refractivity contribution in [2.75, 3.05) is 44.2 Å². The molecule has 1 saturated carbocycles. The van der Waals surface area contributed by atoms with Gasteiger partial charge in [0, 0.05) is 50.9 Å². The van der Waals surface area contributed by atoms with Crippen molar-refractivity contribution in [1.82, 2.24) is 15.1 Å². The van der Waals surface area contributed by atoms with Gasteiger partial charge in [-0.15, -0.1) is 0 Å². The number of benzene rings is 1. The number of piperazine rings is 2. The number of rotatable bonds is 4. The van der Waals surface area contributed by atoms with Gasteiger partial charge in [0.05, 0.1) is 6.42 Å². The molecule has 7 nitrogen and oxygen atoms in total. The number of nitrogens with one attached hydrogen (secondary N) is 1. The first-order valence-corrected chi connectivity index (χ1v) is 9.79. The van der Waals surface area contributed by atoms with Crippen LogP contribution in [0.3, 0.4) is 0 Å². The third-order valence-electron chi connectivity index (χ3n) is 5.66. The fourth-order valence-electron chi connectivity index (χ4n) is 3.89. The Morgan fingerprint density at radius 1 is 1.00 bits per heavy atom. The molecule has 0 aromatic heterocycles. The summed E-state index contributed by atoms with van der Waals surface area (Å²) in [4.78, 5) is 43.3. The van der Waals surface area contributed by atoms with Gasteiger partial charge in [-0.2, -0.15) is 0 Å². The summed E-state index contributed by atoms with van der Waals surface area (Å²) in [6.07, 6.45) is 1.88. The lowest BCUT2D eigenvalue weighted by atomic mass is 10.1. The van der Waals surface area contributed by atoms with Gasteiger partial charge in [0.25, 0.3) is 0 Å². The number of hydrogen-bond donors (Lipinski definition) is 1. The highest BCUT2D eigenvalue weighted by Crippen LogP contribution is 2.32. The second-order valence-corrected chi connectivity index (χ2v) is 7.52. The first kappa shape index (κ1) is 17.8. The van der Waals surface area contributed by atoms with E-state index in [9.17, 15) is 14.4 Å². The van der Waals surface area contributed by atoms with Crippen molar-refractivity contribution in [2.24, 2.45) is 5.92 Å². The third kappa shape index (κ3) is 3.91. The Balaban J connectivity index is 1.35. The lowest BCUT2D eigenvalue weighted by Crippen LogP contribution is -2.59. The van der Waals surface area contributed by atoms with Gasteiger partial charge in [-0.25, -0.2) is 0 Å². The molecule has 1 unspecified atom stereocenters. The highest BCUT2D eigenvalue weighted by molar-refractivity contribution is 5.94. The van der Waals surface area contributed by atoms with E-state index in [4.69, 9.17) is 0 Å². The molecule has 3 amide bonds. The molecule has 1 N–H and O–H groups in total. The predicted octanol–water partition coefficient (Wildman–Crippen LogP) is 0.462. The largest absolute Gasteiger partial charge is 0.368 e. The number of carbonyl (C=O) groups is 3. The predicted molar refractivity (Wildman–Crippen MR) is 101 cm³/mol. The van der Waals surface area contributed by atoms with Crippen molar-refractivity contribution in [3.05, 3.63) is 30.3 Å². The molecule has 27 heavy (non-hydrogen) atoms. The van der Waals surface area contributed by atoms with Gasteiger partial charge >= 0.3 is 0 Å². The fourth-order valence-corrected chi connectivity index (χ4v) is 3.89. The van der Waals surface area contributed by atoms with Crippen molar-refractivity contribution < 1.29 is 14.4 Å². The zero-order valence-electron chi connectivity index (χ0n) is 15.5. The topological polar surface area (TPSA) is 73.0 Å². The van der Waals surface area contributed by atoms with Gasteiger partial charge < -0.3 is 20.0 Å². The van der Waals surface area contributed by atoms with E-state index in [-0.39, 0.29) is 30.1 Å². The number of anilines is 1. The van der Waals surface area contributed by atoms with Crippen LogP contribution in [-0.2, 0) is 14.4 Å². The van der Waals surface area contributed by atoms with Crippen molar-refractivity contribution >= 4 is 23.4 Å². The third-order valence-corrected chi connectivity index (χ3v) is 5.66. The Morgan fingerprint density at radius 2 is 1.70 bits per heavy atom. The van der Waals surface area contributed by atoms with Crippen LogP contribution in [0.15, 0.2) is 30.3 Å².